The maximum Gasteiger partial charge on any atom is 0.262 e. The van der Waals surface area contributed by atoms with Crippen LogP contribution in [-0.2, 0) is 4.79 Å². The van der Waals surface area contributed by atoms with Crippen molar-refractivity contribution in [3.8, 4) is 22.9 Å². The first kappa shape index (κ1) is 22.1. The van der Waals surface area contributed by atoms with Gasteiger partial charge in [0.15, 0.2) is 0 Å². The molecule has 1 atom stereocenters. The lowest BCUT2D eigenvalue weighted by molar-refractivity contribution is -0.129. The molecule has 2 fully saturated rings. The molecule has 0 bridgehead atoms. The third-order valence-corrected chi connectivity index (χ3v) is 7.54. The van der Waals surface area contributed by atoms with Crippen molar-refractivity contribution < 1.29 is 4.79 Å². The van der Waals surface area contributed by atoms with E-state index in [0.29, 0.717) is 23.4 Å². The highest BCUT2D eigenvalue weighted by molar-refractivity contribution is 5.98. The van der Waals surface area contributed by atoms with Gasteiger partial charge in [-0.3, -0.25) is 14.2 Å². The summed E-state index contributed by atoms with van der Waals surface area (Å²) in [7, 11) is 0. The van der Waals surface area contributed by atoms with Gasteiger partial charge >= 0.3 is 0 Å². The van der Waals surface area contributed by atoms with Gasteiger partial charge in [-0.1, -0.05) is 24.3 Å². The molecule has 0 aliphatic carbocycles. The Labute approximate surface area is 209 Å². The van der Waals surface area contributed by atoms with E-state index in [9.17, 15) is 9.59 Å². The van der Waals surface area contributed by atoms with Crippen LogP contribution >= 0.6 is 0 Å². The molecule has 6 nitrogen and oxygen atoms in total. The van der Waals surface area contributed by atoms with Crippen LogP contribution in [-0.4, -0.2) is 41.1 Å². The van der Waals surface area contributed by atoms with Crippen molar-refractivity contribution in [1.29, 1.82) is 5.26 Å². The molecule has 1 amide bonds. The summed E-state index contributed by atoms with van der Waals surface area (Å²) in [6.07, 6.45) is 3.51. The highest BCUT2D eigenvalue weighted by Gasteiger charge is 2.35. The average Bonchev–Trinajstić information content (AvgIpc) is 3.30. The number of pyridine rings is 1. The molecule has 0 spiro atoms. The molecule has 178 valence electrons. The van der Waals surface area contributed by atoms with Gasteiger partial charge in [-0.2, -0.15) is 5.26 Å². The third kappa shape index (κ3) is 3.64. The molecule has 2 aliphatic rings. The van der Waals surface area contributed by atoms with Crippen LogP contribution in [0.15, 0.2) is 77.7 Å². The molecule has 1 unspecified atom stereocenters. The lowest BCUT2D eigenvalue weighted by Gasteiger charge is -2.38. The minimum Gasteiger partial charge on any atom is -0.368 e. The topological polar surface area (TPSA) is 69.3 Å². The number of rotatable bonds is 3. The SMILES string of the molecule is Cc1cn(-c2ccc(N3CCN4C(=O)CCC4C3)cc2)c(=O)c2cccc(-c3ccc(C#N)cc3)c12. The molecule has 0 saturated carbocycles. The highest BCUT2D eigenvalue weighted by atomic mass is 16.2. The van der Waals surface area contributed by atoms with Crippen molar-refractivity contribution in [2.24, 2.45) is 0 Å². The molecule has 6 rings (SSSR count). The van der Waals surface area contributed by atoms with Gasteiger partial charge in [0.1, 0.15) is 0 Å². The van der Waals surface area contributed by atoms with E-state index in [0.717, 1.165) is 59.5 Å². The maximum absolute atomic E-state index is 13.6. The Kier molecular flexibility index (Phi) is 5.34. The molecule has 1 aromatic heterocycles. The first-order valence-electron chi connectivity index (χ1n) is 12.3. The number of carbonyl (C=O) groups excluding carboxylic acids is 1. The monoisotopic (exact) mass is 474 g/mol. The zero-order valence-corrected chi connectivity index (χ0v) is 20.1. The van der Waals surface area contributed by atoms with E-state index >= 15 is 0 Å². The third-order valence-electron chi connectivity index (χ3n) is 7.54. The Morgan fingerprint density at radius 3 is 2.42 bits per heavy atom. The minimum absolute atomic E-state index is 0.0584. The zero-order valence-electron chi connectivity index (χ0n) is 20.1. The Morgan fingerprint density at radius 2 is 1.67 bits per heavy atom. The maximum atomic E-state index is 13.6. The van der Waals surface area contributed by atoms with Crippen LogP contribution in [0.25, 0.3) is 27.6 Å². The van der Waals surface area contributed by atoms with Crippen LogP contribution in [0.4, 0.5) is 5.69 Å². The Balaban J connectivity index is 1.34. The van der Waals surface area contributed by atoms with Gasteiger partial charge in [0.05, 0.1) is 11.6 Å². The first-order chi connectivity index (χ1) is 17.5. The van der Waals surface area contributed by atoms with Crippen LogP contribution < -0.4 is 10.5 Å². The molecular weight excluding hydrogens is 448 g/mol. The van der Waals surface area contributed by atoms with Crippen LogP contribution in [0.1, 0.15) is 24.0 Å². The summed E-state index contributed by atoms with van der Waals surface area (Å²) < 4.78 is 1.72. The number of benzene rings is 3. The molecule has 3 heterocycles. The summed E-state index contributed by atoms with van der Waals surface area (Å²) in [5, 5.41) is 10.7. The largest absolute Gasteiger partial charge is 0.368 e. The van der Waals surface area contributed by atoms with E-state index in [4.69, 9.17) is 5.26 Å². The minimum atomic E-state index is -0.0584. The summed E-state index contributed by atoms with van der Waals surface area (Å²) in [6.45, 7) is 4.49. The zero-order chi connectivity index (χ0) is 24.8. The molecule has 2 saturated heterocycles. The molecule has 36 heavy (non-hydrogen) atoms. The van der Waals surface area contributed by atoms with Gasteiger partial charge in [0.2, 0.25) is 5.91 Å². The van der Waals surface area contributed by atoms with Gasteiger partial charge in [-0.15, -0.1) is 0 Å². The van der Waals surface area contributed by atoms with E-state index in [1.54, 1.807) is 16.7 Å². The number of piperazine rings is 1. The number of aromatic nitrogens is 1. The van der Waals surface area contributed by atoms with Crippen LogP contribution in [0.5, 0.6) is 0 Å². The van der Waals surface area contributed by atoms with Crippen molar-refractivity contribution in [2.45, 2.75) is 25.8 Å². The fraction of sp³-hybridized carbons (Fsp3) is 0.233. The number of nitriles is 1. The van der Waals surface area contributed by atoms with Crippen LogP contribution in [0.3, 0.4) is 0 Å². The summed E-state index contributed by atoms with van der Waals surface area (Å²) >= 11 is 0. The van der Waals surface area contributed by atoms with Gasteiger partial charge < -0.3 is 9.80 Å². The lowest BCUT2D eigenvalue weighted by Crippen LogP contribution is -2.51. The number of nitrogens with zero attached hydrogens (tertiary/aromatic N) is 4. The molecule has 6 heteroatoms. The number of fused-ring (bicyclic) bond motifs is 2. The summed E-state index contributed by atoms with van der Waals surface area (Å²) in [5.41, 5.74) is 5.47. The van der Waals surface area contributed by atoms with E-state index in [1.165, 1.54) is 0 Å². The van der Waals surface area contributed by atoms with Crippen molar-refractivity contribution in [3.05, 3.63) is 94.4 Å². The highest BCUT2D eigenvalue weighted by Crippen LogP contribution is 2.31. The fourth-order valence-corrected chi connectivity index (χ4v) is 5.68. The number of hydrogen-bond donors (Lipinski definition) is 0. The normalized spacial score (nSPS) is 17.3. The van der Waals surface area contributed by atoms with Gasteiger partial charge in [-0.05, 0) is 77.9 Å². The van der Waals surface area contributed by atoms with Crippen LogP contribution in [0.2, 0.25) is 0 Å². The number of carbonyl (C=O) groups is 1. The average molecular weight is 475 g/mol. The lowest BCUT2D eigenvalue weighted by atomic mass is 9.96. The standard InChI is InChI=1S/C30H26N4O2/c1-20-18-34(24-11-9-23(10-12-24)32-15-16-33-25(19-32)13-14-28(33)35)30(36)27-4-2-3-26(29(20)27)22-7-5-21(17-31)6-8-22/h2-12,18,25H,13-16,19H2,1H3. The second kappa shape index (κ2) is 8.69. The van der Waals surface area contributed by atoms with Gasteiger partial charge in [0, 0.05) is 55.1 Å². The summed E-state index contributed by atoms with van der Waals surface area (Å²) in [5.74, 6) is 0.281. The molecule has 2 aliphatic heterocycles. The van der Waals surface area contributed by atoms with Crippen LogP contribution in [0, 0.1) is 18.3 Å². The number of amides is 1. The predicted molar refractivity (Wildman–Crippen MR) is 141 cm³/mol. The number of aryl methyl sites for hydroxylation is 1. The first-order valence-corrected chi connectivity index (χ1v) is 12.3. The summed E-state index contributed by atoms with van der Waals surface area (Å²) in [6, 6.07) is 23.9. The summed E-state index contributed by atoms with van der Waals surface area (Å²) in [4.78, 5) is 29.9. The Bertz CT molecular complexity index is 1580. The van der Waals surface area contributed by atoms with Crippen molar-refractivity contribution >= 4 is 22.4 Å². The molecular formula is C30H26N4O2. The second-order valence-corrected chi connectivity index (χ2v) is 9.65. The van der Waals surface area contributed by atoms with E-state index in [1.807, 2.05) is 60.5 Å². The van der Waals surface area contributed by atoms with Gasteiger partial charge in [-0.25, -0.2) is 0 Å². The van der Waals surface area contributed by atoms with Gasteiger partial charge in [0.25, 0.3) is 5.56 Å². The van der Waals surface area contributed by atoms with E-state index in [-0.39, 0.29) is 11.5 Å². The van der Waals surface area contributed by atoms with Crippen molar-refractivity contribution in [2.75, 3.05) is 24.5 Å². The fourth-order valence-electron chi connectivity index (χ4n) is 5.68. The quantitative estimate of drug-likeness (QED) is 0.434. The van der Waals surface area contributed by atoms with E-state index in [2.05, 4.69) is 23.1 Å². The van der Waals surface area contributed by atoms with Crippen molar-refractivity contribution in [1.82, 2.24) is 9.47 Å². The number of hydrogen-bond acceptors (Lipinski definition) is 4. The molecule has 0 N–H and O–H groups in total. The Morgan fingerprint density at radius 1 is 0.917 bits per heavy atom. The molecule has 3 aromatic carbocycles. The number of anilines is 1. The second-order valence-electron chi connectivity index (χ2n) is 9.65. The smallest absolute Gasteiger partial charge is 0.262 e. The molecule has 4 aromatic rings. The Hall–Kier alpha value is -4.37. The van der Waals surface area contributed by atoms with Crippen molar-refractivity contribution in [3.63, 3.8) is 0 Å². The molecule has 0 radical (unpaired) electrons. The predicted octanol–water partition coefficient (Wildman–Crippen LogP) is 4.65. The van der Waals surface area contributed by atoms with E-state index < -0.39 is 0 Å².